The van der Waals surface area contributed by atoms with Crippen LogP contribution in [0.3, 0.4) is 0 Å². The molecule has 0 amide bonds. The van der Waals surface area contributed by atoms with Crippen molar-refractivity contribution in [3.63, 3.8) is 0 Å². The van der Waals surface area contributed by atoms with Gasteiger partial charge in [-0.2, -0.15) is 0 Å². The molecular weight excluding hydrogens is 192 g/mol. The summed E-state index contributed by atoms with van der Waals surface area (Å²) >= 11 is 0. The fraction of sp³-hybridized carbons (Fsp3) is 0.375. The van der Waals surface area contributed by atoms with Crippen LogP contribution in [0.15, 0.2) is 60.8 Å². The van der Waals surface area contributed by atoms with Gasteiger partial charge < -0.3 is 0 Å². The lowest BCUT2D eigenvalue weighted by atomic mass is 10.1. The third kappa shape index (κ3) is 15.2. The molecule has 0 bridgehead atoms. The highest BCUT2D eigenvalue weighted by atomic mass is 13.9. The highest BCUT2D eigenvalue weighted by molar-refractivity contribution is 5.33. The van der Waals surface area contributed by atoms with Crippen LogP contribution in [0.5, 0.6) is 0 Å². The standard InChI is InChI=1S/C8H12.C6H10.C2H6/c1-5-7(3)8(4)6-2;1-5(2)6(3)4;1-2/h5-6H,1,3H2,2,4H3;1,3H2,2,4H3;1-2H3/b8-6+;;. The van der Waals surface area contributed by atoms with Gasteiger partial charge in [-0.15, -0.1) is 0 Å². The minimum absolute atomic E-state index is 1.01. The Labute approximate surface area is 103 Å². The van der Waals surface area contributed by atoms with Crippen LogP contribution in [-0.4, -0.2) is 0 Å². The lowest BCUT2D eigenvalue weighted by molar-refractivity contribution is 1.39. The molecule has 0 rings (SSSR count). The SMILES string of the molecule is C=C(C)C(=C)C.C=CC(=C)/C(C)=C/C.CC. The van der Waals surface area contributed by atoms with Gasteiger partial charge in [0.25, 0.3) is 0 Å². The van der Waals surface area contributed by atoms with Gasteiger partial charge in [-0.3, -0.25) is 0 Å². The molecule has 92 valence electrons. The van der Waals surface area contributed by atoms with Crippen LogP contribution >= 0.6 is 0 Å². The Kier molecular flexibility index (Phi) is 17.3. The molecule has 0 heteroatoms. The Bertz CT molecular complexity index is 250. The van der Waals surface area contributed by atoms with Gasteiger partial charge in [0.15, 0.2) is 0 Å². The van der Waals surface area contributed by atoms with Crippen LogP contribution in [0.25, 0.3) is 0 Å². The van der Waals surface area contributed by atoms with E-state index in [1.165, 1.54) is 5.57 Å². The molecule has 0 unspecified atom stereocenters. The van der Waals surface area contributed by atoms with E-state index in [0.29, 0.717) is 0 Å². The Balaban J connectivity index is -0.000000188. The maximum Gasteiger partial charge on any atom is -0.0309 e. The van der Waals surface area contributed by atoms with Crippen molar-refractivity contribution in [3.05, 3.63) is 60.8 Å². The van der Waals surface area contributed by atoms with Crippen molar-refractivity contribution in [2.75, 3.05) is 0 Å². The summed E-state index contributed by atoms with van der Waals surface area (Å²) in [4.78, 5) is 0. The van der Waals surface area contributed by atoms with E-state index in [4.69, 9.17) is 0 Å². The van der Waals surface area contributed by atoms with E-state index in [0.717, 1.165) is 16.7 Å². The summed E-state index contributed by atoms with van der Waals surface area (Å²) in [7, 11) is 0. The second-order valence-electron chi connectivity index (χ2n) is 3.26. The van der Waals surface area contributed by atoms with E-state index in [9.17, 15) is 0 Å². The Hall–Kier alpha value is -1.30. The van der Waals surface area contributed by atoms with Crippen molar-refractivity contribution in [2.45, 2.75) is 41.5 Å². The summed E-state index contributed by atoms with van der Waals surface area (Å²) in [6.07, 6.45) is 3.78. The quantitative estimate of drug-likeness (QED) is 0.523. The first-order chi connectivity index (χ1) is 7.36. The van der Waals surface area contributed by atoms with E-state index >= 15 is 0 Å². The molecule has 0 atom stereocenters. The molecule has 0 aliphatic carbocycles. The zero-order chi connectivity index (χ0) is 13.7. The highest BCUT2D eigenvalue weighted by Gasteiger charge is 1.84. The minimum Gasteiger partial charge on any atom is -0.0985 e. The highest BCUT2D eigenvalue weighted by Crippen LogP contribution is 2.05. The van der Waals surface area contributed by atoms with E-state index in [1.807, 2.05) is 47.6 Å². The molecule has 16 heavy (non-hydrogen) atoms. The van der Waals surface area contributed by atoms with E-state index in [1.54, 1.807) is 6.08 Å². The number of rotatable bonds is 3. The second kappa shape index (κ2) is 13.7. The zero-order valence-corrected chi connectivity index (χ0v) is 12.0. The van der Waals surface area contributed by atoms with Crippen molar-refractivity contribution < 1.29 is 0 Å². The van der Waals surface area contributed by atoms with Crippen molar-refractivity contribution in [1.29, 1.82) is 0 Å². The van der Waals surface area contributed by atoms with Crippen LogP contribution in [0.1, 0.15) is 41.5 Å². The topological polar surface area (TPSA) is 0 Å². The summed E-state index contributed by atoms with van der Waals surface area (Å²) in [5, 5.41) is 0. The number of allylic oxidation sites excluding steroid dienone is 6. The van der Waals surface area contributed by atoms with Crippen molar-refractivity contribution >= 4 is 0 Å². The van der Waals surface area contributed by atoms with Crippen LogP contribution in [-0.2, 0) is 0 Å². The van der Waals surface area contributed by atoms with Gasteiger partial charge in [0, 0.05) is 0 Å². The fourth-order valence-corrected chi connectivity index (χ4v) is 0.346. The zero-order valence-electron chi connectivity index (χ0n) is 12.0. The molecule has 0 aromatic carbocycles. The fourth-order valence-electron chi connectivity index (χ4n) is 0.346. The molecule has 0 aliphatic heterocycles. The molecule has 0 aromatic rings. The first kappa shape index (κ1) is 20.2. The molecule has 0 fully saturated rings. The molecule has 0 aromatic heterocycles. The maximum atomic E-state index is 3.76. The van der Waals surface area contributed by atoms with Gasteiger partial charge >= 0.3 is 0 Å². The molecule has 0 radical (unpaired) electrons. The summed E-state index contributed by atoms with van der Waals surface area (Å²) in [5.41, 5.74) is 4.33. The summed E-state index contributed by atoms with van der Waals surface area (Å²) in [6, 6.07) is 0. The second-order valence-corrected chi connectivity index (χ2v) is 3.26. The molecule has 0 aliphatic rings. The summed E-state index contributed by atoms with van der Waals surface area (Å²) in [5.74, 6) is 0. The molecular formula is C16H28. The number of hydrogen-bond acceptors (Lipinski definition) is 0. The maximum absolute atomic E-state index is 3.76. The Morgan fingerprint density at radius 3 is 1.25 bits per heavy atom. The van der Waals surface area contributed by atoms with Crippen LogP contribution in [0.2, 0.25) is 0 Å². The van der Waals surface area contributed by atoms with Gasteiger partial charge in [-0.1, -0.05) is 63.5 Å². The predicted molar refractivity (Wildman–Crippen MR) is 79.7 cm³/mol. The van der Waals surface area contributed by atoms with E-state index in [2.05, 4.69) is 26.3 Å². The molecule has 0 nitrogen and oxygen atoms in total. The van der Waals surface area contributed by atoms with Crippen molar-refractivity contribution in [1.82, 2.24) is 0 Å². The summed E-state index contributed by atoms with van der Waals surface area (Å²) in [6.45, 7) is 26.6. The van der Waals surface area contributed by atoms with Gasteiger partial charge in [-0.05, 0) is 38.8 Å². The van der Waals surface area contributed by atoms with E-state index < -0.39 is 0 Å². The lowest BCUT2D eigenvalue weighted by Gasteiger charge is -1.94. The van der Waals surface area contributed by atoms with Gasteiger partial charge in [0.05, 0.1) is 0 Å². The first-order valence-electron chi connectivity index (χ1n) is 5.62. The Morgan fingerprint density at radius 2 is 1.19 bits per heavy atom. The summed E-state index contributed by atoms with van der Waals surface area (Å²) < 4.78 is 0. The van der Waals surface area contributed by atoms with Crippen LogP contribution in [0.4, 0.5) is 0 Å². The molecule has 0 spiro atoms. The van der Waals surface area contributed by atoms with Crippen molar-refractivity contribution in [2.24, 2.45) is 0 Å². The van der Waals surface area contributed by atoms with Gasteiger partial charge in [-0.25, -0.2) is 0 Å². The molecule has 0 saturated heterocycles. The van der Waals surface area contributed by atoms with Crippen LogP contribution in [0, 0.1) is 0 Å². The molecule has 0 saturated carbocycles. The third-order valence-corrected chi connectivity index (χ3v) is 1.91. The Morgan fingerprint density at radius 1 is 0.875 bits per heavy atom. The average molecular weight is 220 g/mol. The lowest BCUT2D eigenvalue weighted by Crippen LogP contribution is -1.73. The molecule has 0 heterocycles. The third-order valence-electron chi connectivity index (χ3n) is 1.91. The van der Waals surface area contributed by atoms with Crippen LogP contribution < -0.4 is 0 Å². The smallest absolute Gasteiger partial charge is 0.0309 e. The average Bonchev–Trinajstić information content (AvgIpc) is 2.30. The minimum atomic E-state index is 1.01. The van der Waals surface area contributed by atoms with Crippen molar-refractivity contribution in [3.8, 4) is 0 Å². The van der Waals surface area contributed by atoms with E-state index in [-0.39, 0.29) is 0 Å². The van der Waals surface area contributed by atoms with Gasteiger partial charge in [0.2, 0.25) is 0 Å². The molecule has 0 N–H and O–H groups in total. The largest absolute Gasteiger partial charge is 0.0985 e. The monoisotopic (exact) mass is 220 g/mol. The first-order valence-corrected chi connectivity index (χ1v) is 5.62. The predicted octanol–water partition coefficient (Wildman–Crippen LogP) is 5.86. The normalized spacial score (nSPS) is 8.75. The van der Waals surface area contributed by atoms with Gasteiger partial charge in [0.1, 0.15) is 0 Å². The number of hydrogen-bond donors (Lipinski definition) is 0.